The van der Waals surface area contributed by atoms with E-state index in [1.807, 2.05) is 0 Å². The first-order valence-electron chi connectivity index (χ1n) is 4.90. The molecule has 1 N–H and O–H groups in total. The molecule has 1 atom stereocenters. The topological polar surface area (TPSA) is 64.6 Å². The van der Waals surface area contributed by atoms with Gasteiger partial charge in [-0.1, -0.05) is 15.9 Å². The number of nitrogens with one attached hydrogen (secondary N) is 1. The Morgan fingerprint density at radius 3 is 2.31 bits per heavy atom. The summed E-state index contributed by atoms with van der Waals surface area (Å²) in [6.45, 7) is 5.32. The van der Waals surface area contributed by atoms with E-state index < -0.39 is 11.7 Å². The third-order valence-electron chi connectivity index (χ3n) is 1.55. The third-order valence-corrected chi connectivity index (χ3v) is 2.33. The quantitative estimate of drug-likeness (QED) is 0.635. The highest BCUT2D eigenvalue weighted by atomic mass is 79.9. The second-order valence-corrected chi connectivity index (χ2v) is 4.93. The smallest absolute Gasteiger partial charge is 0.407 e. The Morgan fingerprint density at radius 2 is 1.94 bits per heavy atom. The number of amides is 1. The Bertz CT molecular complexity index is 250. The second-order valence-electron chi connectivity index (χ2n) is 4.28. The zero-order chi connectivity index (χ0) is 12.8. The number of esters is 1. The molecule has 0 radical (unpaired) electrons. The van der Waals surface area contributed by atoms with E-state index in [1.54, 1.807) is 20.8 Å². The van der Waals surface area contributed by atoms with Crippen molar-refractivity contribution < 1.29 is 19.1 Å². The molecule has 1 amide bonds. The molecule has 0 saturated heterocycles. The first kappa shape index (κ1) is 15.2. The molecule has 0 aromatic rings. The van der Waals surface area contributed by atoms with Crippen molar-refractivity contribution in [3.05, 3.63) is 0 Å². The molecule has 6 heteroatoms. The van der Waals surface area contributed by atoms with Crippen LogP contribution in [0.5, 0.6) is 0 Å². The van der Waals surface area contributed by atoms with E-state index in [1.165, 1.54) is 7.11 Å². The number of hydrogen-bond acceptors (Lipinski definition) is 4. The summed E-state index contributed by atoms with van der Waals surface area (Å²) in [5.74, 6) is -0.375. The maximum absolute atomic E-state index is 11.4. The van der Waals surface area contributed by atoms with Crippen molar-refractivity contribution in [3.8, 4) is 0 Å². The van der Waals surface area contributed by atoms with Crippen molar-refractivity contribution in [3.63, 3.8) is 0 Å². The van der Waals surface area contributed by atoms with E-state index in [2.05, 4.69) is 26.0 Å². The number of alkyl halides is 1. The molecule has 0 aliphatic heterocycles. The molecule has 0 aromatic carbocycles. The molecule has 5 nitrogen and oxygen atoms in total. The third kappa shape index (κ3) is 7.50. The van der Waals surface area contributed by atoms with Crippen LogP contribution in [0.15, 0.2) is 0 Å². The largest absolute Gasteiger partial charge is 0.469 e. The molecule has 0 aliphatic carbocycles. The minimum Gasteiger partial charge on any atom is -0.469 e. The zero-order valence-corrected chi connectivity index (χ0v) is 11.6. The summed E-state index contributed by atoms with van der Waals surface area (Å²) in [7, 11) is 1.31. The van der Waals surface area contributed by atoms with Gasteiger partial charge in [0.2, 0.25) is 0 Å². The average molecular weight is 296 g/mol. The molecule has 0 bridgehead atoms. The summed E-state index contributed by atoms with van der Waals surface area (Å²) in [6, 6.07) is -0.331. The van der Waals surface area contributed by atoms with Crippen LogP contribution < -0.4 is 5.32 Å². The molecule has 0 spiro atoms. The first-order chi connectivity index (χ1) is 7.28. The van der Waals surface area contributed by atoms with Crippen LogP contribution in [0.3, 0.4) is 0 Å². The van der Waals surface area contributed by atoms with Gasteiger partial charge in [0, 0.05) is 5.33 Å². The molecule has 0 unspecified atom stereocenters. The standard InChI is InChI=1S/C10H18BrNO4/c1-10(2,3)16-9(14)12-7(6-11)5-8(13)15-4/h7H,5-6H2,1-4H3,(H,12,14)/t7-/m0/s1. The molecule has 0 aliphatic rings. The van der Waals surface area contributed by atoms with Crippen LogP contribution >= 0.6 is 15.9 Å². The Morgan fingerprint density at radius 1 is 1.38 bits per heavy atom. The molecule has 0 fully saturated rings. The van der Waals surface area contributed by atoms with Gasteiger partial charge in [0.1, 0.15) is 5.60 Å². The minimum absolute atomic E-state index is 0.112. The van der Waals surface area contributed by atoms with Gasteiger partial charge in [0.25, 0.3) is 0 Å². The number of ether oxygens (including phenoxy) is 2. The maximum atomic E-state index is 11.4. The van der Waals surface area contributed by atoms with Crippen molar-refractivity contribution in [1.29, 1.82) is 0 Å². The van der Waals surface area contributed by atoms with Gasteiger partial charge in [-0.25, -0.2) is 4.79 Å². The van der Waals surface area contributed by atoms with Crippen LogP contribution in [0.1, 0.15) is 27.2 Å². The lowest BCUT2D eigenvalue weighted by atomic mass is 10.2. The Labute approximate surface area is 104 Å². The summed E-state index contributed by atoms with van der Waals surface area (Å²) in [4.78, 5) is 22.4. The van der Waals surface area contributed by atoms with Crippen molar-refractivity contribution >= 4 is 28.0 Å². The molecule has 94 valence electrons. The van der Waals surface area contributed by atoms with Gasteiger partial charge in [0.05, 0.1) is 19.6 Å². The molecule has 0 saturated carbocycles. The normalized spacial score (nSPS) is 12.8. The fourth-order valence-corrected chi connectivity index (χ4v) is 1.29. The van der Waals surface area contributed by atoms with Crippen LogP contribution in [0.2, 0.25) is 0 Å². The Balaban J connectivity index is 4.12. The van der Waals surface area contributed by atoms with E-state index in [0.29, 0.717) is 5.33 Å². The predicted molar refractivity (Wildman–Crippen MR) is 63.6 cm³/mol. The average Bonchev–Trinajstić information content (AvgIpc) is 2.13. The van der Waals surface area contributed by atoms with Crippen LogP contribution in [-0.2, 0) is 14.3 Å². The van der Waals surface area contributed by atoms with Crippen LogP contribution in [0, 0.1) is 0 Å². The number of rotatable bonds is 4. The highest BCUT2D eigenvalue weighted by molar-refractivity contribution is 9.09. The van der Waals surface area contributed by atoms with E-state index in [9.17, 15) is 9.59 Å². The summed E-state index contributed by atoms with van der Waals surface area (Å²) in [5.41, 5.74) is -0.549. The highest BCUT2D eigenvalue weighted by Crippen LogP contribution is 2.08. The fourth-order valence-electron chi connectivity index (χ4n) is 0.903. The lowest BCUT2D eigenvalue weighted by Gasteiger charge is -2.22. The van der Waals surface area contributed by atoms with E-state index in [-0.39, 0.29) is 18.4 Å². The fraction of sp³-hybridized carbons (Fsp3) is 0.800. The lowest BCUT2D eigenvalue weighted by molar-refractivity contribution is -0.141. The minimum atomic E-state index is -0.549. The monoisotopic (exact) mass is 295 g/mol. The van der Waals surface area contributed by atoms with Crippen molar-refractivity contribution in [1.82, 2.24) is 5.32 Å². The lowest BCUT2D eigenvalue weighted by Crippen LogP contribution is -2.41. The summed E-state index contributed by atoms with van der Waals surface area (Å²) in [6.07, 6.45) is -0.429. The molecular formula is C10H18BrNO4. The van der Waals surface area contributed by atoms with Crippen molar-refractivity contribution in [2.45, 2.75) is 38.8 Å². The summed E-state index contributed by atoms with van der Waals surface area (Å²) in [5, 5.41) is 3.04. The number of halogens is 1. The van der Waals surface area contributed by atoms with Gasteiger partial charge in [-0.05, 0) is 20.8 Å². The van der Waals surface area contributed by atoms with Gasteiger partial charge < -0.3 is 14.8 Å². The number of carbonyl (C=O) groups excluding carboxylic acids is 2. The highest BCUT2D eigenvalue weighted by Gasteiger charge is 2.20. The molecule has 0 rings (SSSR count). The SMILES string of the molecule is COC(=O)C[C@@H](CBr)NC(=O)OC(C)(C)C. The van der Waals surface area contributed by atoms with Gasteiger partial charge in [-0.3, -0.25) is 4.79 Å². The number of carbonyl (C=O) groups is 2. The van der Waals surface area contributed by atoms with E-state index in [4.69, 9.17) is 4.74 Å². The summed E-state index contributed by atoms with van der Waals surface area (Å²) < 4.78 is 9.58. The van der Waals surface area contributed by atoms with Crippen molar-refractivity contribution in [2.24, 2.45) is 0 Å². The first-order valence-corrected chi connectivity index (χ1v) is 6.03. The van der Waals surface area contributed by atoms with E-state index >= 15 is 0 Å². The van der Waals surface area contributed by atoms with Crippen LogP contribution in [-0.4, -0.2) is 36.1 Å². The number of hydrogen-bond donors (Lipinski definition) is 1. The predicted octanol–water partition coefficient (Wildman–Crippen LogP) is 1.84. The zero-order valence-electron chi connectivity index (χ0n) is 10.0. The molecule has 0 heterocycles. The number of methoxy groups -OCH3 is 1. The maximum Gasteiger partial charge on any atom is 0.407 e. The van der Waals surface area contributed by atoms with Gasteiger partial charge >= 0.3 is 12.1 Å². The van der Waals surface area contributed by atoms with Crippen molar-refractivity contribution in [2.75, 3.05) is 12.4 Å². The van der Waals surface area contributed by atoms with Crippen LogP contribution in [0.4, 0.5) is 4.79 Å². The Kier molecular flexibility index (Phi) is 6.40. The Hall–Kier alpha value is -0.780. The molecule has 16 heavy (non-hydrogen) atoms. The second kappa shape index (κ2) is 6.73. The number of alkyl carbamates (subject to hydrolysis) is 1. The van der Waals surface area contributed by atoms with E-state index in [0.717, 1.165) is 0 Å². The van der Waals surface area contributed by atoms with Gasteiger partial charge in [0.15, 0.2) is 0 Å². The molecular weight excluding hydrogens is 278 g/mol. The van der Waals surface area contributed by atoms with Crippen LogP contribution in [0.25, 0.3) is 0 Å². The molecule has 0 aromatic heterocycles. The summed E-state index contributed by atoms with van der Waals surface area (Å²) >= 11 is 3.20. The van der Waals surface area contributed by atoms with Gasteiger partial charge in [-0.2, -0.15) is 0 Å². The van der Waals surface area contributed by atoms with Gasteiger partial charge in [-0.15, -0.1) is 0 Å².